The predicted octanol–water partition coefficient (Wildman–Crippen LogP) is 7.91. The smallest absolute Gasteiger partial charge is 0.319 e. The number of carbonyl (C=O) groups excluding carboxylic acids is 1. The van der Waals surface area contributed by atoms with E-state index in [2.05, 4.69) is 27.7 Å². The van der Waals surface area contributed by atoms with Gasteiger partial charge in [-0.15, -0.1) is 0 Å². The maximum absolute atomic E-state index is 12.7. The highest BCUT2D eigenvalue weighted by molar-refractivity contribution is 5.89. The maximum Gasteiger partial charge on any atom is 0.319 e. The summed E-state index contributed by atoms with van der Waals surface area (Å²) in [6.45, 7) is 2.79. The van der Waals surface area contributed by atoms with Crippen molar-refractivity contribution in [2.45, 2.75) is 51.0 Å². The SMILES string of the molecule is COc1cc2c(cc1OC)CN(C[C@H]1C[C@@H](c3ccc(CO)cc3)O[C@@H](c3ccc(CNC(=O)Nc4ccc(Oc5ccccc5)cc4)cc3)O1)CC2. The molecule has 0 radical (unpaired) electrons. The number of urea groups is 1. The van der Waals surface area contributed by atoms with Gasteiger partial charge in [-0.25, -0.2) is 4.79 Å². The van der Waals surface area contributed by atoms with Crippen LogP contribution >= 0.6 is 0 Å². The van der Waals surface area contributed by atoms with Crippen LogP contribution in [0.15, 0.2) is 115 Å². The first kappa shape index (κ1) is 36.0. The zero-order chi connectivity index (χ0) is 36.6. The Labute approximate surface area is 310 Å². The van der Waals surface area contributed by atoms with Crippen LogP contribution in [0, 0.1) is 0 Å². The van der Waals surface area contributed by atoms with Crippen LogP contribution in [0.4, 0.5) is 10.5 Å². The molecule has 10 heteroatoms. The van der Waals surface area contributed by atoms with E-state index < -0.39 is 6.29 Å². The first-order valence-corrected chi connectivity index (χ1v) is 17.9. The van der Waals surface area contributed by atoms with Gasteiger partial charge < -0.3 is 39.4 Å². The van der Waals surface area contributed by atoms with Gasteiger partial charge in [-0.1, -0.05) is 66.7 Å². The molecule has 1 fully saturated rings. The van der Waals surface area contributed by atoms with E-state index in [1.54, 1.807) is 26.4 Å². The normalized spacial score (nSPS) is 18.4. The molecule has 5 aromatic carbocycles. The quantitative estimate of drug-likeness (QED) is 0.120. The third kappa shape index (κ3) is 9.16. The molecule has 2 aliphatic rings. The summed E-state index contributed by atoms with van der Waals surface area (Å²) in [5, 5.41) is 15.4. The number of aliphatic hydroxyl groups is 1. The Morgan fingerprint density at radius 1 is 0.792 bits per heavy atom. The summed E-state index contributed by atoms with van der Waals surface area (Å²) in [5.41, 5.74) is 6.92. The summed E-state index contributed by atoms with van der Waals surface area (Å²) in [5.74, 6) is 2.93. The van der Waals surface area contributed by atoms with E-state index in [9.17, 15) is 9.90 Å². The Bertz CT molecular complexity index is 1950. The molecule has 5 aromatic rings. The second-order valence-electron chi connectivity index (χ2n) is 13.3. The molecule has 3 N–H and O–H groups in total. The van der Waals surface area contributed by atoms with E-state index in [-0.39, 0.29) is 24.8 Å². The lowest BCUT2D eigenvalue weighted by Gasteiger charge is -2.39. The van der Waals surface area contributed by atoms with E-state index in [1.807, 2.05) is 91.0 Å². The second-order valence-corrected chi connectivity index (χ2v) is 13.3. The van der Waals surface area contributed by atoms with Crippen LogP contribution in [0.2, 0.25) is 0 Å². The zero-order valence-corrected chi connectivity index (χ0v) is 30.0. The van der Waals surface area contributed by atoms with E-state index in [0.717, 1.165) is 65.6 Å². The number of ether oxygens (including phenoxy) is 5. The highest BCUT2D eigenvalue weighted by atomic mass is 16.7. The summed E-state index contributed by atoms with van der Waals surface area (Å²) in [6, 6.07) is 36.5. The van der Waals surface area contributed by atoms with Gasteiger partial charge in [-0.05, 0) is 82.8 Å². The fourth-order valence-corrected chi connectivity index (χ4v) is 6.80. The molecule has 2 aliphatic heterocycles. The third-order valence-electron chi connectivity index (χ3n) is 9.67. The molecule has 0 aliphatic carbocycles. The standard InChI is InChI=1S/C43H45N3O7/c1-49-40-22-33-20-21-46(26-34(33)23-41(40)50-2)27-38-24-39(31-12-10-30(28-47)11-13-31)53-42(52-38)32-14-8-29(9-15-32)25-44-43(48)45-35-16-18-37(19-17-35)51-36-6-4-3-5-7-36/h3-19,22-23,38-39,42,47H,20-21,24-28H2,1-2H3,(H2,44,45,48)/t38-,39+,42+/m1/s1. The molecule has 2 amide bonds. The van der Waals surface area contributed by atoms with Crippen molar-refractivity contribution in [3.8, 4) is 23.0 Å². The minimum absolute atomic E-state index is 0.00611. The van der Waals surface area contributed by atoms with Crippen molar-refractivity contribution in [3.05, 3.63) is 149 Å². The van der Waals surface area contributed by atoms with Gasteiger partial charge in [-0.3, -0.25) is 4.90 Å². The molecule has 274 valence electrons. The van der Waals surface area contributed by atoms with Gasteiger partial charge >= 0.3 is 6.03 Å². The molecule has 53 heavy (non-hydrogen) atoms. The summed E-state index contributed by atoms with van der Waals surface area (Å²) in [7, 11) is 3.33. The van der Waals surface area contributed by atoms with E-state index in [4.69, 9.17) is 23.7 Å². The van der Waals surface area contributed by atoms with Gasteiger partial charge in [0.25, 0.3) is 0 Å². The molecule has 10 nitrogen and oxygen atoms in total. The fourth-order valence-electron chi connectivity index (χ4n) is 6.80. The number of anilines is 1. The van der Waals surface area contributed by atoms with Crippen molar-refractivity contribution < 1.29 is 33.6 Å². The van der Waals surface area contributed by atoms with Crippen molar-refractivity contribution >= 4 is 11.7 Å². The van der Waals surface area contributed by atoms with Crippen LogP contribution in [-0.2, 0) is 35.6 Å². The number of methoxy groups -OCH3 is 2. The number of aliphatic hydroxyl groups excluding tert-OH is 1. The second kappa shape index (κ2) is 17.0. The average molecular weight is 716 g/mol. The van der Waals surface area contributed by atoms with Gasteiger partial charge in [0, 0.05) is 43.9 Å². The summed E-state index contributed by atoms with van der Waals surface area (Å²) in [4.78, 5) is 15.1. The molecule has 0 bridgehead atoms. The van der Waals surface area contributed by atoms with Gasteiger partial charge in [0.1, 0.15) is 11.5 Å². The summed E-state index contributed by atoms with van der Waals surface area (Å²) >= 11 is 0. The number of benzene rings is 5. The number of carbonyl (C=O) groups is 1. The Kier molecular flexibility index (Phi) is 11.5. The van der Waals surface area contributed by atoms with Crippen molar-refractivity contribution in [3.63, 3.8) is 0 Å². The molecule has 3 atom stereocenters. The molecular formula is C43H45N3O7. The lowest BCUT2D eigenvalue weighted by Crippen LogP contribution is -2.41. The number of fused-ring (bicyclic) bond motifs is 1. The summed E-state index contributed by atoms with van der Waals surface area (Å²) in [6.07, 6.45) is 0.776. The molecule has 0 aromatic heterocycles. The lowest BCUT2D eigenvalue weighted by molar-refractivity contribution is -0.253. The summed E-state index contributed by atoms with van der Waals surface area (Å²) < 4.78 is 30.2. The molecule has 0 spiro atoms. The first-order valence-electron chi connectivity index (χ1n) is 17.9. The van der Waals surface area contributed by atoms with E-state index in [1.165, 1.54) is 11.1 Å². The minimum Gasteiger partial charge on any atom is -0.493 e. The molecule has 0 unspecified atom stereocenters. The molecule has 1 saturated heterocycles. The van der Waals surface area contributed by atoms with E-state index in [0.29, 0.717) is 24.4 Å². The van der Waals surface area contributed by atoms with Crippen LogP contribution in [0.1, 0.15) is 52.2 Å². The van der Waals surface area contributed by atoms with Crippen LogP contribution in [0.5, 0.6) is 23.0 Å². The first-order chi connectivity index (χ1) is 26.0. The predicted molar refractivity (Wildman–Crippen MR) is 202 cm³/mol. The highest BCUT2D eigenvalue weighted by Crippen LogP contribution is 2.39. The zero-order valence-electron chi connectivity index (χ0n) is 30.0. The Morgan fingerprint density at radius 3 is 2.15 bits per heavy atom. The van der Waals surface area contributed by atoms with Crippen LogP contribution in [-0.4, -0.2) is 49.5 Å². The molecule has 7 rings (SSSR count). The Balaban J connectivity index is 0.976. The van der Waals surface area contributed by atoms with Gasteiger partial charge in [0.2, 0.25) is 0 Å². The molecule has 0 saturated carbocycles. The lowest BCUT2D eigenvalue weighted by atomic mass is 9.97. The fraction of sp³-hybridized carbons (Fsp3) is 0.279. The van der Waals surface area contributed by atoms with Gasteiger partial charge in [0.15, 0.2) is 17.8 Å². The minimum atomic E-state index is -0.572. The molecule has 2 heterocycles. The maximum atomic E-state index is 12.7. The van der Waals surface area contributed by atoms with Crippen LogP contribution in [0.25, 0.3) is 0 Å². The number of nitrogens with zero attached hydrogens (tertiary/aromatic N) is 1. The van der Waals surface area contributed by atoms with Crippen LogP contribution in [0.3, 0.4) is 0 Å². The Morgan fingerprint density at radius 2 is 1.45 bits per heavy atom. The van der Waals surface area contributed by atoms with E-state index >= 15 is 0 Å². The number of rotatable bonds is 12. The third-order valence-corrected chi connectivity index (χ3v) is 9.67. The average Bonchev–Trinajstić information content (AvgIpc) is 3.20. The van der Waals surface area contributed by atoms with Crippen molar-refractivity contribution in [1.82, 2.24) is 10.2 Å². The molecular weight excluding hydrogens is 670 g/mol. The number of para-hydroxylation sites is 1. The number of nitrogens with one attached hydrogen (secondary N) is 2. The van der Waals surface area contributed by atoms with Crippen molar-refractivity contribution in [2.75, 3.05) is 32.6 Å². The number of amides is 2. The Hall–Kier alpha value is -5.39. The topological polar surface area (TPSA) is 111 Å². The highest BCUT2D eigenvalue weighted by Gasteiger charge is 2.34. The monoisotopic (exact) mass is 715 g/mol. The van der Waals surface area contributed by atoms with Gasteiger partial charge in [-0.2, -0.15) is 0 Å². The van der Waals surface area contributed by atoms with Crippen LogP contribution < -0.4 is 24.8 Å². The van der Waals surface area contributed by atoms with Crippen molar-refractivity contribution in [2.24, 2.45) is 0 Å². The van der Waals surface area contributed by atoms with Crippen molar-refractivity contribution in [1.29, 1.82) is 0 Å². The number of hydrogen-bond donors (Lipinski definition) is 3. The largest absolute Gasteiger partial charge is 0.493 e. The van der Waals surface area contributed by atoms with Gasteiger partial charge in [0.05, 0.1) is 33.0 Å². The number of hydrogen-bond acceptors (Lipinski definition) is 8.